The Bertz CT molecular complexity index is 551. The topological polar surface area (TPSA) is 12.4 Å². The van der Waals surface area contributed by atoms with E-state index in [9.17, 15) is 0 Å². The van der Waals surface area contributed by atoms with Gasteiger partial charge in [0.25, 0.3) is 0 Å². The Balaban J connectivity index is 0.000000407. The molecule has 0 fully saturated rings. The molecule has 1 aliphatic rings. The molecule has 0 radical (unpaired) electrons. The molecule has 0 saturated carbocycles. The average molecular weight is 326 g/mol. The minimum Gasteiger partial charge on any atom is -0.296 e. The van der Waals surface area contributed by atoms with Crippen molar-refractivity contribution in [3.8, 4) is 0 Å². The molecular weight excluding hydrogens is 290 g/mol. The van der Waals surface area contributed by atoms with E-state index in [2.05, 4.69) is 80.4 Å². The standard InChI is InChI=1S/C12H12.C9H17N.C2H6/c1-3-7-11(8-4-1)12-9-5-2-6-10-12;1-6-8(7-10-5)9(2,3)4;1-2/h1-5,7-9H,6,10H2;6-7H,1-5H3;1-2H3/b;8-6+,10-7?;. The number of aliphatic imine (C=N–C) groups is 1. The van der Waals surface area contributed by atoms with Crippen LogP contribution in [0.15, 0.2) is 65.2 Å². The zero-order chi connectivity index (χ0) is 18.4. The van der Waals surface area contributed by atoms with Crippen LogP contribution in [0.25, 0.3) is 5.57 Å². The Hall–Kier alpha value is -1.89. The van der Waals surface area contributed by atoms with E-state index in [1.54, 1.807) is 7.05 Å². The molecule has 1 nitrogen and oxygen atoms in total. The molecule has 0 spiro atoms. The molecule has 0 N–H and O–H groups in total. The summed E-state index contributed by atoms with van der Waals surface area (Å²) < 4.78 is 0. The number of hydrogen-bond acceptors (Lipinski definition) is 1. The van der Waals surface area contributed by atoms with Crippen molar-refractivity contribution in [1.29, 1.82) is 0 Å². The third kappa shape index (κ3) is 8.67. The first kappa shape index (κ1) is 22.1. The highest BCUT2D eigenvalue weighted by Crippen LogP contribution is 2.23. The minimum absolute atomic E-state index is 0.230. The highest BCUT2D eigenvalue weighted by Gasteiger charge is 2.13. The van der Waals surface area contributed by atoms with Gasteiger partial charge >= 0.3 is 0 Å². The highest BCUT2D eigenvalue weighted by molar-refractivity contribution is 5.79. The molecule has 1 aromatic rings. The van der Waals surface area contributed by atoms with E-state index in [-0.39, 0.29) is 5.41 Å². The van der Waals surface area contributed by atoms with Gasteiger partial charge in [-0.2, -0.15) is 0 Å². The van der Waals surface area contributed by atoms with Gasteiger partial charge in [-0.05, 0) is 41.9 Å². The predicted molar refractivity (Wildman–Crippen MR) is 112 cm³/mol. The molecule has 0 heterocycles. The summed E-state index contributed by atoms with van der Waals surface area (Å²) >= 11 is 0. The third-order valence-electron chi connectivity index (χ3n) is 3.60. The Morgan fingerprint density at radius 1 is 1.08 bits per heavy atom. The second-order valence-electron chi connectivity index (χ2n) is 6.41. The van der Waals surface area contributed by atoms with Gasteiger partial charge in [-0.3, -0.25) is 4.99 Å². The van der Waals surface area contributed by atoms with E-state index >= 15 is 0 Å². The van der Waals surface area contributed by atoms with E-state index < -0.39 is 0 Å². The molecule has 0 unspecified atom stereocenters. The molecule has 0 aliphatic heterocycles. The molecule has 0 aromatic heterocycles. The summed E-state index contributed by atoms with van der Waals surface area (Å²) in [7, 11) is 1.80. The summed E-state index contributed by atoms with van der Waals surface area (Å²) in [6.45, 7) is 12.6. The number of allylic oxidation sites excluding steroid dienone is 6. The molecule has 2 rings (SSSR count). The summed E-state index contributed by atoms with van der Waals surface area (Å²) in [4.78, 5) is 3.98. The molecule has 132 valence electrons. The first-order chi connectivity index (χ1) is 11.5. The quantitative estimate of drug-likeness (QED) is 0.513. The fraction of sp³-hybridized carbons (Fsp3) is 0.435. The van der Waals surface area contributed by atoms with Gasteiger partial charge in [0.05, 0.1) is 0 Å². The van der Waals surface area contributed by atoms with Crippen molar-refractivity contribution in [3.05, 3.63) is 65.8 Å². The van der Waals surface area contributed by atoms with Crippen molar-refractivity contribution in [2.75, 3.05) is 7.05 Å². The Kier molecular flexibility index (Phi) is 11.5. The smallest absolute Gasteiger partial charge is 0.0277 e. The summed E-state index contributed by atoms with van der Waals surface area (Å²) in [5, 5.41) is 0. The van der Waals surface area contributed by atoms with Crippen molar-refractivity contribution >= 4 is 11.8 Å². The predicted octanol–water partition coefficient (Wildman–Crippen LogP) is 7.13. The van der Waals surface area contributed by atoms with Crippen LogP contribution < -0.4 is 0 Å². The maximum Gasteiger partial charge on any atom is 0.0277 e. The van der Waals surface area contributed by atoms with Crippen LogP contribution in [0, 0.1) is 5.41 Å². The van der Waals surface area contributed by atoms with E-state index in [1.165, 1.54) is 29.6 Å². The first-order valence-electron chi connectivity index (χ1n) is 8.99. The van der Waals surface area contributed by atoms with Crippen LogP contribution in [-0.4, -0.2) is 13.3 Å². The SMILES string of the molecule is C/C=C(\C=NC)C(C)(C)C.C1=CCCC(c2ccccc2)=C1.CC. The van der Waals surface area contributed by atoms with Gasteiger partial charge in [0.2, 0.25) is 0 Å². The van der Waals surface area contributed by atoms with E-state index in [0.29, 0.717) is 0 Å². The molecular formula is C23H35N. The van der Waals surface area contributed by atoms with Gasteiger partial charge in [0.15, 0.2) is 0 Å². The lowest BCUT2D eigenvalue weighted by atomic mass is 9.87. The number of rotatable bonds is 2. The molecule has 0 atom stereocenters. The van der Waals surface area contributed by atoms with Gasteiger partial charge in [-0.15, -0.1) is 0 Å². The minimum atomic E-state index is 0.230. The molecule has 1 aliphatic carbocycles. The molecule has 0 saturated heterocycles. The second kappa shape index (κ2) is 12.5. The maximum absolute atomic E-state index is 3.98. The van der Waals surface area contributed by atoms with Crippen molar-refractivity contribution in [1.82, 2.24) is 0 Å². The number of nitrogens with zero attached hydrogens (tertiary/aromatic N) is 1. The summed E-state index contributed by atoms with van der Waals surface area (Å²) in [6.07, 6.45) is 12.9. The van der Waals surface area contributed by atoms with Crippen LogP contribution in [-0.2, 0) is 0 Å². The van der Waals surface area contributed by atoms with Gasteiger partial charge < -0.3 is 0 Å². The highest BCUT2D eigenvalue weighted by atomic mass is 14.6. The monoisotopic (exact) mass is 325 g/mol. The summed E-state index contributed by atoms with van der Waals surface area (Å²) in [6, 6.07) is 10.6. The van der Waals surface area contributed by atoms with Crippen LogP contribution in [0.1, 0.15) is 59.9 Å². The van der Waals surface area contributed by atoms with E-state index in [1.807, 2.05) is 27.0 Å². The largest absolute Gasteiger partial charge is 0.296 e. The van der Waals surface area contributed by atoms with Crippen LogP contribution >= 0.6 is 0 Å². The first-order valence-corrected chi connectivity index (χ1v) is 8.99. The van der Waals surface area contributed by atoms with Crippen LogP contribution in [0.5, 0.6) is 0 Å². The Labute approximate surface area is 149 Å². The lowest BCUT2D eigenvalue weighted by molar-refractivity contribution is 0.526. The number of benzene rings is 1. The van der Waals surface area contributed by atoms with E-state index in [0.717, 1.165) is 0 Å². The number of hydrogen-bond donors (Lipinski definition) is 0. The van der Waals surface area contributed by atoms with E-state index in [4.69, 9.17) is 0 Å². The normalized spacial score (nSPS) is 14.3. The van der Waals surface area contributed by atoms with Crippen molar-refractivity contribution in [2.24, 2.45) is 10.4 Å². The molecule has 1 aromatic carbocycles. The zero-order valence-electron chi connectivity index (χ0n) is 16.6. The molecule has 0 bridgehead atoms. The fourth-order valence-corrected chi connectivity index (χ4v) is 2.34. The van der Waals surface area contributed by atoms with Crippen molar-refractivity contribution in [3.63, 3.8) is 0 Å². The lowest BCUT2D eigenvalue weighted by Crippen LogP contribution is -2.09. The third-order valence-corrected chi connectivity index (χ3v) is 3.60. The van der Waals surface area contributed by atoms with Gasteiger partial charge in [0, 0.05) is 13.3 Å². The molecule has 24 heavy (non-hydrogen) atoms. The van der Waals surface area contributed by atoms with Crippen molar-refractivity contribution in [2.45, 2.75) is 54.4 Å². The second-order valence-corrected chi connectivity index (χ2v) is 6.41. The van der Waals surface area contributed by atoms with Gasteiger partial charge in [0.1, 0.15) is 0 Å². The van der Waals surface area contributed by atoms with Gasteiger partial charge in [-0.1, -0.05) is 89.3 Å². The van der Waals surface area contributed by atoms with Crippen molar-refractivity contribution < 1.29 is 0 Å². The lowest BCUT2D eigenvalue weighted by Gasteiger charge is -2.18. The van der Waals surface area contributed by atoms with Crippen LogP contribution in [0.3, 0.4) is 0 Å². The molecule has 1 heteroatoms. The molecule has 0 amide bonds. The average Bonchev–Trinajstić information content (AvgIpc) is 2.62. The summed E-state index contributed by atoms with van der Waals surface area (Å²) in [5.74, 6) is 0. The van der Waals surface area contributed by atoms with Crippen LogP contribution in [0.4, 0.5) is 0 Å². The van der Waals surface area contributed by atoms with Crippen LogP contribution in [0.2, 0.25) is 0 Å². The summed E-state index contributed by atoms with van der Waals surface area (Å²) in [5.41, 5.74) is 4.34. The Morgan fingerprint density at radius 3 is 2.08 bits per heavy atom. The van der Waals surface area contributed by atoms with Gasteiger partial charge in [-0.25, -0.2) is 0 Å². The zero-order valence-corrected chi connectivity index (χ0v) is 16.6. The maximum atomic E-state index is 3.98. The fourth-order valence-electron chi connectivity index (χ4n) is 2.34. The Morgan fingerprint density at radius 2 is 1.71 bits per heavy atom.